The summed E-state index contributed by atoms with van der Waals surface area (Å²) in [5.41, 5.74) is 2.80. The Morgan fingerprint density at radius 1 is 1.32 bits per heavy atom. The Hall–Kier alpha value is -3.68. The summed E-state index contributed by atoms with van der Waals surface area (Å²) in [5, 5.41) is 35.9. The Balaban J connectivity index is 1.62. The molecule has 1 saturated carbocycles. The zero-order valence-corrected chi connectivity index (χ0v) is 21.3. The normalized spacial score (nSPS) is 15.6. The Kier molecular flexibility index (Phi) is 6.75. The number of aliphatic hydroxyl groups excluding tert-OH is 1. The van der Waals surface area contributed by atoms with Crippen LogP contribution in [0.3, 0.4) is 0 Å². The van der Waals surface area contributed by atoms with Crippen molar-refractivity contribution in [1.29, 1.82) is 5.26 Å². The predicted octanol–water partition coefficient (Wildman–Crippen LogP) is 3.95. The third kappa shape index (κ3) is 4.97. The second kappa shape index (κ2) is 10.00. The van der Waals surface area contributed by atoms with Crippen molar-refractivity contribution < 1.29 is 9.50 Å². The molecule has 2 heterocycles. The van der Waals surface area contributed by atoms with Gasteiger partial charge in [0, 0.05) is 29.9 Å². The molecule has 1 aliphatic rings. The molecule has 3 N–H and O–H groups in total. The van der Waals surface area contributed by atoms with Crippen LogP contribution in [0.2, 0.25) is 5.02 Å². The number of nitrogens with zero attached hydrogens (tertiary/aromatic N) is 5. The van der Waals surface area contributed by atoms with E-state index in [0.717, 1.165) is 18.4 Å². The standard InChI is InChI=1S/C26H26BClFN7O/c1-15(8-9-37)32-24-16(12-30)13-31-25-21(24)10-19(11-22(25)28)33-26(27,17-2-4-18(29)5-3-17)23-14-36(35-34-23)20-6-7-20/h2-5,10-11,13-15,20,33,37H,6-9,27H2,1H3,(H,31,32). The number of halogens is 2. The largest absolute Gasteiger partial charge is 0.396 e. The number of benzene rings is 2. The fourth-order valence-electron chi connectivity index (χ4n) is 4.46. The number of nitriles is 1. The molecule has 0 spiro atoms. The molecule has 11 heteroatoms. The molecular weight excluding hydrogens is 492 g/mol. The van der Waals surface area contributed by atoms with E-state index in [2.05, 4.69) is 32.0 Å². The number of aliphatic hydroxyl groups is 1. The summed E-state index contributed by atoms with van der Waals surface area (Å²) in [5.74, 6) is -0.329. The molecule has 0 aliphatic heterocycles. The van der Waals surface area contributed by atoms with E-state index in [0.29, 0.717) is 51.0 Å². The molecule has 0 radical (unpaired) electrons. The summed E-state index contributed by atoms with van der Waals surface area (Å²) in [6, 6.07) is 12.4. The third-order valence-electron chi connectivity index (χ3n) is 6.76. The van der Waals surface area contributed by atoms with Crippen molar-refractivity contribution in [3.8, 4) is 6.07 Å². The van der Waals surface area contributed by atoms with Crippen molar-refractivity contribution in [2.75, 3.05) is 17.2 Å². The van der Waals surface area contributed by atoms with Crippen LogP contribution in [0.25, 0.3) is 10.9 Å². The van der Waals surface area contributed by atoms with Gasteiger partial charge in [-0.2, -0.15) is 5.26 Å². The van der Waals surface area contributed by atoms with Crippen LogP contribution in [0.5, 0.6) is 0 Å². The number of aromatic nitrogens is 4. The van der Waals surface area contributed by atoms with E-state index in [1.54, 1.807) is 18.2 Å². The van der Waals surface area contributed by atoms with Gasteiger partial charge in [0.1, 0.15) is 25.4 Å². The first kappa shape index (κ1) is 25.0. The van der Waals surface area contributed by atoms with Crippen LogP contribution in [0.15, 0.2) is 48.8 Å². The molecule has 2 atom stereocenters. The first-order chi connectivity index (χ1) is 17.8. The highest BCUT2D eigenvalue weighted by Gasteiger charge is 2.34. The van der Waals surface area contributed by atoms with E-state index in [1.165, 1.54) is 18.3 Å². The lowest BCUT2D eigenvalue weighted by Gasteiger charge is -2.31. The van der Waals surface area contributed by atoms with E-state index in [-0.39, 0.29) is 18.5 Å². The molecule has 1 fully saturated rings. The van der Waals surface area contributed by atoms with E-state index in [4.69, 9.17) is 11.6 Å². The lowest BCUT2D eigenvalue weighted by atomic mass is 9.69. The number of nitrogens with one attached hydrogen (secondary N) is 2. The fraction of sp³-hybridized carbons (Fsp3) is 0.308. The number of fused-ring (bicyclic) bond motifs is 1. The van der Waals surface area contributed by atoms with E-state index < -0.39 is 5.44 Å². The van der Waals surface area contributed by atoms with Crippen molar-refractivity contribution in [2.45, 2.75) is 43.7 Å². The van der Waals surface area contributed by atoms with Gasteiger partial charge >= 0.3 is 0 Å². The second-order valence-corrected chi connectivity index (χ2v) is 10.0. The lowest BCUT2D eigenvalue weighted by molar-refractivity contribution is 0.282. The first-order valence-electron chi connectivity index (χ1n) is 12.2. The molecule has 8 nitrogen and oxygen atoms in total. The molecule has 0 amide bonds. The average molecular weight is 518 g/mol. The van der Waals surface area contributed by atoms with Crippen LogP contribution < -0.4 is 10.6 Å². The van der Waals surface area contributed by atoms with Gasteiger partial charge in [-0.05, 0) is 56.0 Å². The van der Waals surface area contributed by atoms with Crippen LogP contribution in [0.4, 0.5) is 15.8 Å². The summed E-state index contributed by atoms with van der Waals surface area (Å²) in [7, 11) is 1.96. The van der Waals surface area contributed by atoms with Gasteiger partial charge in [0.15, 0.2) is 0 Å². The zero-order valence-electron chi connectivity index (χ0n) is 20.5. The molecule has 188 valence electrons. The fourth-order valence-corrected chi connectivity index (χ4v) is 4.73. The van der Waals surface area contributed by atoms with Crippen molar-refractivity contribution in [3.05, 3.63) is 76.5 Å². The maximum Gasteiger partial charge on any atom is 0.148 e. The van der Waals surface area contributed by atoms with Crippen molar-refractivity contribution in [3.63, 3.8) is 0 Å². The minimum Gasteiger partial charge on any atom is -0.396 e. The minimum absolute atomic E-state index is 0.0181. The van der Waals surface area contributed by atoms with Gasteiger partial charge in [-0.1, -0.05) is 28.9 Å². The Morgan fingerprint density at radius 3 is 2.76 bits per heavy atom. The van der Waals surface area contributed by atoms with Gasteiger partial charge in [0.05, 0.1) is 39.5 Å². The Morgan fingerprint density at radius 2 is 2.08 bits per heavy atom. The van der Waals surface area contributed by atoms with Crippen molar-refractivity contribution >= 4 is 41.7 Å². The molecule has 4 aromatic rings. The summed E-state index contributed by atoms with van der Waals surface area (Å²) >= 11 is 6.69. The number of hydrogen-bond donors (Lipinski definition) is 3. The van der Waals surface area contributed by atoms with Crippen molar-refractivity contribution in [2.24, 2.45) is 0 Å². The molecule has 0 saturated heterocycles. The van der Waals surface area contributed by atoms with Crippen LogP contribution in [-0.4, -0.2) is 45.6 Å². The molecule has 0 bridgehead atoms. The van der Waals surface area contributed by atoms with Crippen LogP contribution >= 0.6 is 11.6 Å². The zero-order chi connectivity index (χ0) is 26.2. The average Bonchev–Trinajstić information content (AvgIpc) is 3.60. The van der Waals surface area contributed by atoms with E-state index in [9.17, 15) is 14.8 Å². The van der Waals surface area contributed by atoms with E-state index in [1.807, 2.05) is 31.7 Å². The van der Waals surface area contributed by atoms with Gasteiger partial charge in [-0.3, -0.25) is 4.98 Å². The lowest BCUT2D eigenvalue weighted by Crippen LogP contribution is -2.37. The van der Waals surface area contributed by atoms with Gasteiger partial charge < -0.3 is 15.7 Å². The first-order valence-corrected chi connectivity index (χ1v) is 12.6. The number of hydrogen-bond acceptors (Lipinski definition) is 7. The monoisotopic (exact) mass is 517 g/mol. The van der Waals surface area contributed by atoms with E-state index >= 15 is 0 Å². The number of rotatable bonds is 9. The Labute approximate surface area is 219 Å². The predicted molar refractivity (Wildman–Crippen MR) is 144 cm³/mol. The highest BCUT2D eigenvalue weighted by Crippen LogP contribution is 2.38. The second-order valence-electron chi connectivity index (χ2n) is 9.64. The quantitative estimate of drug-likeness (QED) is 0.288. The summed E-state index contributed by atoms with van der Waals surface area (Å²) < 4.78 is 15.7. The molecule has 37 heavy (non-hydrogen) atoms. The van der Waals surface area contributed by atoms with Crippen LogP contribution in [-0.2, 0) is 5.44 Å². The summed E-state index contributed by atoms with van der Waals surface area (Å²) in [6.45, 7) is 1.95. The smallest absolute Gasteiger partial charge is 0.148 e. The molecule has 2 aromatic heterocycles. The van der Waals surface area contributed by atoms with Crippen molar-refractivity contribution in [1.82, 2.24) is 20.0 Å². The van der Waals surface area contributed by atoms with Gasteiger partial charge in [0.2, 0.25) is 0 Å². The topological polar surface area (TPSA) is 112 Å². The van der Waals surface area contributed by atoms with Crippen LogP contribution in [0.1, 0.15) is 49.0 Å². The minimum atomic E-state index is -0.865. The third-order valence-corrected chi connectivity index (χ3v) is 7.05. The number of anilines is 2. The molecule has 5 rings (SSSR count). The highest BCUT2D eigenvalue weighted by molar-refractivity contribution is 6.36. The molecular formula is C26H26BClFN7O. The highest BCUT2D eigenvalue weighted by atomic mass is 35.5. The molecule has 1 aliphatic carbocycles. The molecule has 2 unspecified atom stereocenters. The van der Waals surface area contributed by atoms with Gasteiger partial charge in [-0.25, -0.2) is 9.07 Å². The summed E-state index contributed by atoms with van der Waals surface area (Å²) in [4.78, 5) is 4.42. The SMILES string of the molecule is BC(Nc1cc(Cl)c2ncc(C#N)c(NC(C)CCO)c2c1)(c1ccc(F)cc1)c1cn(C2CC2)nn1. The Bertz CT molecular complexity index is 1490. The molecule has 2 aromatic carbocycles. The maximum absolute atomic E-state index is 13.8. The van der Waals surface area contributed by atoms with Crippen LogP contribution in [0, 0.1) is 17.1 Å². The maximum atomic E-state index is 13.8. The summed E-state index contributed by atoms with van der Waals surface area (Å²) in [6.07, 6.45) is 6.08. The van der Waals surface area contributed by atoms with Gasteiger partial charge in [0.25, 0.3) is 0 Å². The van der Waals surface area contributed by atoms with Gasteiger partial charge in [-0.15, -0.1) is 5.10 Å². The number of pyridine rings is 1.